The molecule has 0 atom stereocenters. The van der Waals surface area contributed by atoms with Crippen LogP contribution in [-0.4, -0.2) is 16.1 Å². The Kier molecular flexibility index (Phi) is 2.40. The zero-order valence-corrected chi connectivity index (χ0v) is 9.39. The Balaban J connectivity index is 2.13. The van der Waals surface area contributed by atoms with E-state index in [0.29, 0.717) is 12.5 Å². The summed E-state index contributed by atoms with van der Waals surface area (Å²) in [5.74, 6) is 1.91. The number of para-hydroxylation sites is 2. The van der Waals surface area contributed by atoms with Gasteiger partial charge in [-0.2, -0.15) is 0 Å². The van der Waals surface area contributed by atoms with Gasteiger partial charge < -0.3 is 10.3 Å². The van der Waals surface area contributed by atoms with Crippen LogP contribution in [0.2, 0.25) is 0 Å². The van der Waals surface area contributed by atoms with Crippen molar-refractivity contribution in [3.8, 4) is 0 Å². The predicted molar refractivity (Wildman–Crippen MR) is 65.4 cm³/mol. The Morgan fingerprint density at radius 3 is 2.81 bits per heavy atom. The van der Waals surface area contributed by atoms with Crippen molar-refractivity contribution in [3.63, 3.8) is 0 Å². The SMILES string of the molecule is NCCn1c(C2CCC2)nc2ccccc21. The van der Waals surface area contributed by atoms with E-state index in [1.165, 1.54) is 30.6 Å². The first-order valence-electron chi connectivity index (χ1n) is 6.05. The Morgan fingerprint density at radius 2 is 2.12 bits per heavy atom. The summed E-state index contributed by atoms with van der Waals surface area (Å²) in [5.41, 5.74) is 8.03. The number of aromatic nitrogens is 2. The maximum atomic E-state index is 5.69. The van der Waals surface area contributed by atoms with Gasteiger partial charge in [0, 0.05) is 19.0 Å². The number of nitrogens with two attached hydrogens (primary N) is 1. The first kappa shape index (κ1) is 9.85. The fraction of sp³-hybridized carbons (Fsp3) is 0.462. The van der Waals surface area contributed by atoms with Gasteiger partial charge in [0.15, 0.2) is 0 Å². The summed E-state index contributed by atoms with van der Waals surface area (Å²) in [4.78, 5) is 4.76. The summed E-state index contributed by atoms with van der Waals surface area (Å²) in [5, 5.41) is 0. The third kappa shape index (κ3) is 1.43. The standard InChI is InChI=1S/C13H17N3/c14-8-9-16-12-7-2-1-6-11(12)15-13(16)10-4-3-5-10/h1-2,6-7,10H,3-5,8-9,14H2. The van der Waals surface area contributed by atoms with Crippen molar-refractivity contribution in [2.24, 2.45) is 5.73 Å². The number of hydrogen-bond acceptors (Lipinski definition) is 2. The molecule has 0 saturated heterocycles. The molecule has 2 aromatic rings. The zero-order chi connectivity index (χ0) is 11.0. The van der Waals surface area contributed by atoms with Gasteiger partial charge >= 0.3 is 0 Å². The van der Waals surface area contributed by atoms with E-state index in [1.807, 2.05) is 6.07 Å². The van der Waals surface area contributed by atoms with Gasteiger partial charge in [0.25, 0.3) is 0 Å². The van der Waals surface area contributed by atoms with Crippen LogP contribution in [0.5, 0.6) is 0 Å². The Hall–Kier alpha value is -1.35. The van der Waals surface area contributed by atoms with Crippen LogP contribution in [0.25, 0.3) is 11.0 Å². The van der Waals surface area contributed by atoms with Crippen molar-refractivity contribution in [2.45, 2.75) is 31.7 Å². The highest BCUT2D eigenvalue weighted by atomic mass is 15.1. The molecule has 1 saturated carbocycles. The van der Waals surface area contributed by atoms with Crippen molar-refractivity contribution in [1.82, 2.24) is 9.55 Å². The molecule has 3 rings (SSSR count). The Labute approximate surface area is 95.3 Å². The van der Waals surface area contributed by atoms with Crippen LogP contribution in [0.15, 0.2) is 24.3 Å². The first-order valence-corrected chi connectivity index (χ1v) is 6.05. The maximum absolute atomic E-state index is 5.69. The van der Waals surface area contributed by atoms with E-state index in [-0.39, 0.29) is 0 Å². The molecule has 0 bridgehead atoms. The summed E-state index contributed by atoms with van der Waals surface area (Å²) in [7, 11) is 0. The molecule has 2 N–H and O–H groups in total. The van der Waals surface area contributed by atoms with E-state index in [2.05, 4.69) is 22.8 Å². The predicted octanol–water partition coefficient (Wildman–Crippen LogP) is 2.26. The summed E-state index contributed by atoms with van der Waals surface area (Å²) >= 11 is 0. The van der Waals surface area contributed by atoms with Crippen LogP contribution < -0.4 is 5.73 Å². The van der Waals surface area contributed by atoms with Crippen molar-refractivity contribution in [2.75, 3.05) is 6.54 Å². The monoisotopic (exact) mass is 215 g/mol. The third-order valence-corrected chi connectivity index (χ3v) is 3.51. The number of rotatable bonds is 3. The molecule has 1 aromatic carbocycles. The van der Waals surface area contributed by atoms with E-state index < -0.39 is 0 Å². The van der Waals surface area contributed by atoms with Gasteiger partial charge in [0.2, 0.25) is 0 Å². The summed E-state index contributed by atoms with van der Waals surface area (Å²) in [6.45, 7) is 1.56. The van der Waals surface area contributed by atoms with Gasteiger partial charge in [-0.1, -0.05) is 18.6 Å². The topological polar surface area (TPSA) is 43.8 Å². The van der Waals surface area contributed by atoms with Crippen LogP contribution in [0.1, 0.15) is 31.0 Å². The van der Waals surface area contributed by atoms with Crippen molar-refractivity contribution >= 4 is 11.0 Å². The van der Waals surface area contributed by atoms with Crippen LogP contribution in [0, 0.1) is 0 Å². The molecule has 0 spiro atoms. The molecular formula is C13H17N3. The number of imidazole rings is 1. The fourth-order valence-corrected chi connectivity index (χ4v) is 2.44. The lowest BCUT2D eigenvalue weighted by Gasteiger charge is -2.25. The lowest BCUT2D eigenvalue weighted by atomic mass is 9.85. The molecule has 3 nitrogen and oxygen atoms in total. The third-order valence-electron chi connectivity index (χ3n) is 3.51. The van der Waals surface area contributed by atoms with Gasteiger partial charge in [0.05, 0.1) is 11.0 Å². The quantitative estimate of drug-likeness (QED) is 0.853. The Morgan fingerprint density at radius 1 is 1.31 bits per heavy atom. The maximum Gasteiger partial charge on any atom is 0.113 e. The molecule has 16 heavy (non-hydrogen) atoms. The van der Waals surface area contributed by atoms with Crippen molar-refractivity contribution in [1.29, 1.82) is 0 Å². The minimum Gasteiger partial charge on any atom is -0.329 e. The summed E-state index contributed by atoms with van der Waals surface area (Å²) in [6.07, 6.45) is 3.91. The van der Waals surface area contributed by atoms with Gasteiger partial charge in [-0.25, -0.2) is 4.98 Å². The normalized spacial score (nSPS) is 16.6. The van der Waals surface area contributed by atoms with E-state index in [1.54, 1.807) is 0 Å². The van der Waals surface area contributed by atoms with E-state index in [0.717, 1.165) is 12.1 Å². The second kappa shape index (κ2) is 3.91. The van der Waals surface area contributed by atoms with E-state index in [9.17, 15) is 0 Å². The van der Waals surface area contributed by atoms with Gasteiger partial charge in [-0.3, -0.25) is 0 Å². The van der Waals surface area contributed by atoms with Crippen molar-refractivity contribution in [3.05, 3.63) is 30.1 Å². The molecule has 1 aliphatic carbocycles. The highest BCUT2D eigenvalue weighted by Gasteiger charge is 2.25. The molecule has 0 radical (unpaired) electrons. The van der Waals surface area contributed by atoms with Crippen LogP contribution in [0.3, 0.4) is 0 Å². The second-order valence-electron chi connectivity index (χ2n) is 4.53. The molecule has 0 amide bonds. The lowest BCUT2D eigenvalue weighted by Crippen LogP contribution is -2.18. The smallest absolute Gasteiger partial charge is 0.113 e. The average Bonchev–Trinajstić information content (AvgIpc) is 2.56. The molecular weight excluding hydrogens is 198 g/mol. The highest BCUT2D eigenvalue weighted by Crippen LogP contribution is 2.37. The largest absolute Gasteiger partial charge is 0.329 e. The van der Waals surface area contributed by atoms with Gasteiger partial charge in [-0.15, -0.1) is 0 Å². The van der Waals surface area contributed by atoms with Gasteiger partial charge in [-0.05, 0) is 25.0 Å². The average molecular weight is 215 g/mol. The van der Waals surface area contributed by atoms with E-state index >= 15 is 0 Å². The van der Waals surface area contributed by atoms with Crippen LogP contribution in [0.4, 0.5) is 0 Å². The van der Waals surface area contributed by atoms with Crippen LogP contribution >= 0.6 is 0 Å². The first-order chi connectivity index (χ1) is 7.90. The number of benzene rings is 1. The molecule has 1 aliphatic rings. The minimum absolute atomic E-state index is 0.666. The lowest BCUT2D eigenvalue weighted by molar-refractivity contribution is 0.389. The number of nitrogens with zero attached hydrogens (tertiary/aromatic N) is 2. The molecule has 1 fully saturated rings. The Bertz CT molecular complexity index is 497. The van der Waals surface area contributed by atoms with E-state index in [4.69, 9.17) is 10.7 Å². The minimum atomic E-state index is 0.666. The second-order valence-corrected chi connectivity index (χ2v) is 4.53. The fourth-order valence-electron chi connectivity index (χ4n) is 2.44. The molecule has 0 unspecified atom stereocenters. The number of hydrogen-bond donors (Lipinski definition) is 1. The van der Waals surface area contributed by atoms with Gasteiger partial charge in [0.1, 0.15) is 5.82 Å². The zero-order valence-electron chi connectivity index (χ0n) is 9.39. The highest BCUT2D eigenvalue weighted by molar-refractivity contribution is 5.76. The van der Waals surface area contributed by atoms with Crippen molar-refractivity contribution < 1.29 is 0 Å². The molecule has 84 valence electrons. The molecule has 3 heteroatoms. The molecule has 1 aromatic heterocycles. The number of fused-ring (bicyclic) bond motifs is 1. The van der Waals surface area contributed by atoms with Crippen LogP contribution in [-0.2, 0) is 6.54 Å². The summed E-state index contributed by atoms with van der Waals surface area (Å²) in [6, 6.07) is 8.35. The molecule has 0 aliphatic heterocycles. The summed E-state index contributed by atoms with van der Waals surface area (Å²) < 4.78 is 2.30. The molecule has 1 heterocycles.